The molecule has 0 bridgehead atoms. The number of likely N-dealkylation sites (tertiary alicyclic amines) is 1. The second-order valence-electron chi connectivity index (χ2n) is 13.6. The van der Waals surface area contributed by atoms with Gasteiger partial charge in [-0.15, -0.1) is 23.1 Å². The van der Waals surface area contributed by atoms with E-state index >= 15 is 0 Å². The summed E-state index contributed by atoms with van der Waals surface area (Å²) >= 11 is 2.80. The summed E-state index contributed by atoms with van der Waals surface area (Å²) < 4.78 is 10.9. The van der Waals surface area contributed by atoms with Gasteiger partial charge in [-0.25, -0.2) is 9.78 Å². The van der Waals surface area contributed by atoms with Gasteiger partial charge in [0.25, 0.3) is 17.3 Å². The minimum atomic E-state index is -0.894. The number of nitro benzene ring substituents is 2. The predicted octanol–water partition coefficient (Wildman–Crippen LogP) is 3.51. The number of aliphatic hydroxyl groups excluding tert-OH is 1. The van der Waals surface area contributed by atoms with E-state index in [1.165, 1.54) is 81.4 Å². The van der Waals surface area contributed by atoms with E-state index in [-0.39, 0.29) is 78.1 Å². The Balaban J connectivity index is 0.925. The highest BCUT2D eigenvalue weighted by atomic mass is 32.2. The number of ether oxygens (including phenoxy) is 2. The first-order valence-electron chi connectivity index (χ1n) is 17.0. The lowest BCUT2D eigenvalue weighted by Gasteiger charge is -2.46. The third-order valence-corrected chi connectivity index (χ3v) is 12.3. The van der Waals surface area contributed by atoms with Crippen molar-refractivity contribution < 1.29 is 43.6 Å². The molecule has 2 amide bonds. The highest BCUT2D eigenvalue weighted by Crippen LogP contribution is 2.52. The number of nitro groups is 2. The molecule has 282 valence electrons. The quantitative estimate of drug-likeness (QED) is 0.114. The number of esters is 2. The van der Waals surface area contributed by atoms with Gasteiger partial charge in [0.2, 0.25) is 5.91 Å². The average molecular weight is 779 g/mol. The van der Waals surface area contributed by atoms with E-state index in [2.05, 4.69) is 4.98 Å². The Kier molecular flexibility index (Phi) is 10.1. The number of carbonyl (C=O) groups is 4. The van der Waals surface area contributed by atoms with Crippen LogP contribution in [0.5, 0.6) is 0 Å². The van der Waals surface area contributed by atoms with Gasteiger partial charge >= 0.3 is 11.9 Å². The van der Waals surface area contributed by atoms with Crippen LogP contribution in [0, 0.1) is 38.0 Å². The van der Waals surface area contributed by atoms with E-state index < -0.39 is 39.7 Å². The summed E-state index contributed by atoms with van der Waals surface area (Å²) in [6, 6.07) is 11.0. The zero-order valence-corrected chi connectivity index (χ0v) is 30.6. The van der Waals surface area contributed by atoms with E-state index in [0.29, 0.717) is 34.3 Å². The fourth-order valence-electron chi connectivity index (χ4n) is 6.90. The number of thioether (sulfide) groups is 1. The number of benzene rings is 2. The number of hydrogen-bond acceptors (Lipinski definition) is 15. The van der Waals surface area contributed by atoms with Gasteiger partial charge in [-0.3, -0.25) is 34.6 Å². The van der Waals surface area contributed by atoms with Crippen molar-refractivity contribution in [1.29, 1.82) is 0 Å². The molecular formula is C35H34N6O11S2. The molecule has 0 spiro atoms. The smallest absolute Gasteiger partial charge is 0.356 e. The summed E-state index contributed by atoms with van der Waals surface area (Å²) in [6.45, 7) is 4.82. The molecule has 0 radical (unpaired) electrons. The number of amides is 2. The fourth-order valence-corrected chi connectivity index (χ4v) is 9.23. The van der Waals surface area contributed by atoms with Crippen LogP contribution < -0.4 is 4.90 Å². The maximum absolute atomic E-state index is 13.5. The number of non-ortho nitro benzene ring substituents is 2. The molecule has 4 aliphatic heterocycles. The first-order valence-corrected chi connectivity index (χ1v) is 18.8. The molecule has 17 nitrogen and oxygen atoms in total. The molecule has 1 N–H and O–H groups in total. The van der Waals surface area contributed by atoms with Crippen LogP contribution >= 0.6 is 23.1 Å². The first-order chi connectivity index (χ1) is 25.8. The molecular weight excluding hydrogens is 745 g/mol. The summed E-state index contributed by atoms with van der Waals surface area (Å²) in [6.07, 6.45) is -0.894. The van der Waals surface area contributed by atoms with E-state index in [1.807, 2.05) is 11.8 Å². The number of thiazole rings is 1. The topological polar surface area (TPSA) is 216 Å². The van der Waals surface area contributed by atoms with Crippen LogP contribution in [0.15, 0.2) is 64.5 Å². The summed E-state index contributed by atoms with van der Waals surface area (Å²) in [4.78, 5) is 83.2. The second kappa shape index (κ2) is 14.8. The van der Waals surface area contributed by atoms with Gasteiger partial charge in [-0.05, 0) is 42.3 Å². The maximum atomic E-state index is 13.5. The molecule has 5 heterocycles. The molecule has 7 rings (SSSR count). The van der Waals surface area contributed by atoms with Gasteiger partial charge in [0.15, 0.2) is 5.13 Å². The molecule has 1 aromatic heterocycles. The summed E-state index contributed by atoms with van der Waals surface area (Å²) in [7, 11) is 0. The highest BCUT2D eigenvalue weighted by molar-refractivity contribution is 8.03. The summed E-state index contributed by atoms with van der Waals surface area (Å²) in [5, 5.41) is 34.5. The number of anilines is 1. The average Bonchev–Trinajstić information content (AvgIpc) is 3.68. The number of aliphatic hydroxyl groups is 1. The third kappa shape index (κ3) is 7.01. The number of fused-ring (bicyclic) bond motifs is 1. The Morgan fingerprint density at radius 2 is 1.54 bits per heavy atom. The number of hydrogen-bond donors (Lipinski definition) is 1. The van der Waals surface area contributed by atoms with Crippen LogP contribution in [0.1, 0.15) is 35.5 Å². The molecule has 4 atom stereocenters. The normalized spacial score (nSPS) is 21.5. The van der Waals surface area contributed by atoms with Crippen molar-refractivity contribution in [1.82, 2.24) is 14.8 Å². The van der Waals surface area contributed by atoms with Crippen LogP contribution in [0.3, 0.4) is 0 Å². The lowest BCUT2D eigenvalue weighted by molar-refractivity contribution is -0.385. The summed E-state index contributed by atoms with van der Waals surface area (Å²) in [5.41, 5.74) is 1.44. The maximum Gasteiger partial charge on any atom is 0.356 e. The number of β-lactam (4-membered cyclic amide) rings is 1. The zero-order valence-electron chi connectivity index (χ0n) is 28.9. The minimum absolute atomic E-state index is 0.0307. The second-order valence-corrected chi connectivity index (χ2v) is 15.7. The Bertz CT molecular complexity index is 2040. The summed E-state index contributed by atoms with van der Waals surface area (Å²) in [5.74, 6) is -3.14. The van der Waals surface area contributed by atoms with Crippen molar-refractivity contribution in [2.24, 2.45) is 17.8 Å². The van der Waals surface area contributed by atoms with Crippen LogP contribution in [0.25, 0.3) is 0 Å². The van der Waals surface area contributed by atoms with E-state index in [9.17, 15) is 44.5 Å². The number of aromatic nitrogens is 1. The molecule has 2 aromatic carbocycles. The fraction of sp³-hybridized carbons (Fsp3) is 0.400. The van der Waals surface area contributed by atoms with Gasteiger partial charge < -0.3 is 29.3 Å². The van der Waals surface area contributed by atoms with Crippen LogP contribution in [-0.4, -0.2) is 97.1 Å². The molecule has 0 unspecified atom stereocenters. The number of carbonyl (C=O) groups excluding carboxylic acids is 4. The van der Waals surface area contributed by atoms with Gasteiger partial charge in [0, 0.05) is 71.9 Å². The Morgan fingerprint density at radius 1 is 0.963 bits per heavy atom. The third-order valence-electron chi connectivity index (χ3n) is 9.97. The van der Waals surface area contributed by atoms with Crippen molar-refractivity contribution in [3.05, 3.63) is 102 Å². The lowest BCUT2D eigenvalue weighted by atomic mass is 9.79. The monoisotopic (exact) mass is 778 g/mol. The highest BCUT2D eigenvalue weighted by Gasteiger charge is 2.60. The van der Waals surface area contributed by atoms with Crippen molar-refractivity contribution in [3.8, 4) is 0 Å². The van der Waals surface area contributed by atoms with Crippen molar-refractivity contribution in [2.75, 3.05) is 31.1 Å². The van der Waals surface area contributed by atoms with Crippen LogP contribution in [0.4, 0.5) is 16.5 Å². The van der Waals surface area contributed by atoms with Gasteiger partial charge in [-0.1, -0.05) is 6.92 Å². The van der Waals surface area contributed by atoms with Crippen molar-refractivity contribution >= 4 is 63.4 Å². The van der Waals surface area contributed by atoms with Crippen molar-refractivity contribution in [2.45, 2.75) is 44.5 Å². The van der Waals surface area contributed by atoms with Crippen molar-refractivity contribution in [3.63, 3.8) is 0 Å². The Hall–Kier alpha value is -5.40. The number of rotatable bonds is 13. The minimum Gasteiger partial charge on any atom is -0.460 e. The first kappa shape index (κ1) is 36.9. The SMILES string of the molecule is C[C@@H](O)[C@H]1C(=O)N2C(C(=O)OCc3ccc([N+](=O)[O-])cc3)=C(SC3CN(c4nc(C(=O)N5CC(C(=O)OCc6ccc([N+](=O)[O-])cc6)C5)cs4)C3)[C@H](C)[C@H]12. The molecule has 3 aromatic rings. The van der Waals surface area contributed by atoms with E-state index in [1.54, 1.807) is 12.3 Å². The molecule has 54 heavy (non-hydrogen) atoms. The van der Waals surface area contributed by atoms with Gasteiger partial charge in [0.05, 0.1) is 33.8 Å². The molecule has 4 aliphatic rings. The Labute approximate surface area is 315 Å². The predicted molar refractivity (Wildman–Crippen MR) is 193 cm³/mol. The van der Waals surface area contributed by atoms with Gasteiger partial charge in [0.1, 0.15) is 24.6 Å². The largest absolute Gasteiger partial charge is 0.460 e. The standard InChI is InChI=1S/C35H34N6O11S2/c1-18-28-27(19(2)42)32(44)39(28)29(34(46)52-16-21-5-9-24(10-6-21)41(49)50)30(18)54-25-13-38(14-25)35-36-26(17-53-35)31(43)37-11-22(12-37)33(45)51-15-20-3-7-23(8-4-20)40(47)48/h3-10,17-19,22,25,27-28,42H,11-16H2,1-2H3/t18-,19-,27-,28-/m1/s1. The van der Waals surface area contributed by atoms with Gasteiger partial charge in [-0.2, -0.15) is 0 Å². The molecule has 19 heteroatoms. The molecule has 0 aliphatic carbocycles. The van der Waals surface area contributed by atoms with Crippen LogP contribution in [-0.2, 0) is 37.1 Å². The van der Waals surface area contributed by atoms with E-state index in [0.717, 1.165) is 0 Å². The molecule has 3 saturated heterocycles. The molecule has 3 fully saturated rings. The van der Waals surface area contributed by atoms with Crippen LogP contribution in [0.2, 0.25) is 0 Å². The Morgan fingerprint density at radius 3 is 2.09 bits per heavy atom. The molecule has 0 saturated carbocycles. The van der Waals surface area contributed by atoms with E-state index in [4.69, 9.17) is 9.47 Å². The number of nitrogens with zero attached hydrogens (tertiary/aromatic N) is 6. The zero-order chi connectivity index (χ0) is 38.4. The lowest BCUT2D eigenvalue weighted by Crippen LogP contribution is -2.63.